The molecule has 60 valence electrons. The maximum Gasteiger partial charge on any atom is 0.134 e. The van der Waals surface area contributed by atoms with E-state index in [1.165, 1.54) is 10.6 Å². The molecule has 1 aromatic carbocycles. The molecule has 0 aliphatic rings. The normalized spacial score (nSPS) is 10.2. The highest BCUT2D eigenvalue weighted by molar-refractivity contribution is 5.37. The SMILES string of the molecule is COc1cccc([NH+](C)C)c1. The van der Waals surface area contributed by atoms with Crippen LogP contribution in [-0.2, 0) is 0 Å². The van der Waals surface area contributed by atoms with E-state index in [1.54, 1.807) is 7.11 Å². The summed E-state index contributed by atoms with van der Waals surface area (Å²) in [5, 5.41) is 0. The number of rotatable bonds is 2. The van der Waals surface area contributed by atoms with Gasteiger partial charge in [0.25, 0.3) is 0 Å². The van der Waals surface area contributed by atoms with E-state index in [4.69, 9.17) is 4.74 Å². The lowest BCUT2D eigenvalue weighted by atomic mass is 10.3. The van der Waals surface area contributed by atoms with Crippen molar-refractivity contribution >= 4 is 5.69 Å². The van der Waals surface area contributed by atoms with Gasteiger partial charge in [-0.1, -0.05) is 6.07 Å². The van der Waals surface area contributed by atoms with E-state index in [1.807, 2.05) is 18.2 Å². The van der Waals surface area contributed by atoms with Crippen molar-refractivity contribution in [3.8, 4) is 5.75 Å². The molecular formula is C9H14NO+. The van der Waals surface area contributed by atoms with Crippen molar-refractivity contribution in [2.45, 2.75) is 0 Å². The minimum absolute atomic E-state index is 0.920. The summed E-state index contributed by atoms with van der Waals surface area (Å²) in [6, 6.07) is 8.07. The van der Waals surface area contributed by atoms with E-state index in [-0.39, 0.29) is 0 Å². The minimum Gasteiger partial charge on any atom is -0.497 e. The molecule has 2 heteroatoms. The van der Waals surface area contributed by atoms with Crippen LogP contribution < -0.4 is 9.64 Å². The van der Waals surface area contributed by atoms with Crippen LogP contribution in [0.2, 0.25) is 0 Å². The summed E-state index contributed by atoms with van der Waals surface area (Å²) in [6.45, 7) is 0. The van der Waals surface area contributed by atoms with Gasteiger partial charge in [-0.25, -0.2) is 0 Å². The van der Waals surface area contributed by atoms with Crippen LogP contribution in [0.4, 0.5) is 5.69 Å². The fraction of sp³-hybridized carbons (Fsp3) is 0.333. The Morgan fingerprint density at radius 2 is 2.00 bits per heavy atom. The van der Waals surface area contributed by atoms with Crippen molar-refractivity contribution in [3.05, 3.63) is 24.3 Å². The zero-order valence-electron chi connectivity index (χ0n) is 7.22. The average molecular weight is 152 g/mol. The molecule has 0 spiro atoms. The molecule has 11 heavy (non-hydrogen) atoms. The molecule has 0 aromatic heterocycles. The molecule has 0 aliphatic heterocycles. The third kappa shape index (κ3) is 1.95. The number of nitrogens with one attached hydrogen (secondary N) is 1. The molecule has 0 fully saturated rings. The number of quaternary nitrogens is 1. The number of methoxy groups -OCH3 is 1. The fourth-order valence-electron chi connectivity index (χ4n) is 0.934. The second-order valence-corrected chi connectivity index (χ2v) is 2.73. The number of hydrogen-bond donors (Lipinski definition) is 1. The van der Waals surface area contributed by atoms with Gasteiger partial charge < -0.3 is 9.64 Å². The molecule has 0 amide bonds. The molecule has 0 heterocycles. The molecule has 1 aromatic rings. The van der Waals surface area contributed by atoms with Gasteiger partial charge in [-0.2, -0.15) is 0 Å². The summed E-state index contributed by atoms with van der Waals surface area (Å²) in [5.41, 5.74) is 1.24. The second kappa shape index (κ2) is 3.39. The smallest absolute Gasteiger partial charge is 0.134 e. The Bertz CT molecular complexity index is 233. The predicted octanol–water partition coefficient (Wildman–Crippen LogP) is 0.471. The first-order valence-corrected chi connectivity index (χ1v) is 3.68. The van der Waals surface area contributed by atoms with Crippen molar-refractivity contribution < 1.29 is 9.64 Å². The Hall–Kier alpha value is -1.02. The summed E-state index contributed by atoms with van der Waals surface area (Å²) in [7, 11) is 5.87. The fourth-order valence-corrected chi connectivity index (χ4v) is 0.934. The topological polar surface area (TPSA) is 13.7 Å². The number of ether oxygens (including phenoxy) is 1. The van der Waals surface area contributed by atoms with Gasteiger partial charge in [0.2, 0.25) is 0 Å². The molecule has 0 aliphatic carbocycles. The quantitative estimate of drug-likeness (QED) is 0.650. The van der Waals surface area contributed by atoms with Crippen molar-refractivity contribution in [1.29, 1.82) is 0 Å². The third-order valence-corrected chi connectivity index (χ3v) is 1.65. The molecule has 1 rings (SSSR count). The van der Waals surface area contributed by atoms with Crippen LogP contribution in [0.1, 0.15) is 0 Å². The van der Waals surface area contributed by atoms with E-state index in [2.05, 4.69) is 20.2 Å². The van der Waals surface area contributed by atoms with Crippen molar-refractivity contribution in [1.82, 2.24) is 0 Å². The monoisotopic (exact) mass is 152 g/mol. The Morgan fingerprint density at radius 3 is 2.55 bits per heavy atom. The molecule has 0 saturated heterocycles. The van der Waals surface area contributed by atoms with Gasteiger partial charge in [0, 0.05) is 6.07 Å². The van der Waals surface area contributed by atoms with E-state index < -0.39 is 0 Å². The van der Waals surface area contributed by atoms with Crippen LogP contribution in [0.15, 0.2) is 24.3 Å². The first-order valence-electron chi connectivity index (χ1n) is 3.68. The number of benzene rings is 1. The van der Waals surface area contributed by atoms with Crippen LogP contribution in [-0.4, -0.2) is 21.2 Å². The average Bonchev–Trinajstić information content (AvgIpc) is 2.05. The van der Waals surface area contributed by atoms with Gasteiger partial charge in [-0.15, -0.1) is 0 Å². The summed E-state index contributed by atoms with van der Waals surface area (Å²) < 4.78 is 5.09. The van der Waals surface area contributed by atoms with Gasteiger partial charge >= 0.3 is 0 Å². The van der Waals surface area contributed by atoms with Gasteiger partial charge in [-0.3, -0.25) is 0 Å². The van der Waals surface area contributed by atoms with Crippen LogP contribution in [0.5, 0.6) is 5.75 Å². The molecule has 0 radical (unpaired) electrons. The first-order chi connectivity index (χ1) is 5.24. The van der Waals surface area contributed by atoms with Gasteiger partial charge in [0.1, 0.15) is 11.4 Å². The summed E-state index contributed by atoms with van der Waals surface area (Å²) >= 11 is 0. The molecule has 2 nitrogen and oxygen atoms in total. The lowest BCUT2D eigenvalue weighted by molar-refractivity contribution is -0.786. The Labute approximate surface area is 67.4 Å². The lowest BCUT2D eigenvalue weighted by Crippen LogP contribution is -3.00. The van der Waals surface area contributed by atoms with E-state index in [0.29, 0.717) is 0 Å². The van der Waals surface area contributed by atoms with Gasteiger partial charge in [-0.05, 0) is 12.1 Å². The van der Waals surface area contributed by atoms with E-state index in [0.717, 1.165) is 5.75 Å². The second-order valence-electron chi connectivity index (χ2n) is 2.73. The van der Waals surface area contributed by atoms with Crippen LogP contribution in [0.25, 0.3) is 0 Å². The standard InChI is InChI=1S/C9H13NO/c1-10(2)8-5-4-6-9(7-8)11-3/h4-7H,1-3H3/p+1. The summed E-state index contributed by atoms with van der Waals surface area (Å²) in [4.78, 5) is 1.31. The highest BCUT2D eigenvalue weighted by Crippen LogP contribution is 2.12. The molecule has 0 unspecified atom stereocenters. The Kier molecular flexibility index (Phi) is 2.49. The zero-order chi connectivity index (χ0) is 8.27. The maximum atomic E-state index is 5.09. The molecule has 0 atom stereocenters. The van der Waals surface area contributed by atoms with Crippen LogP contribution in [0, 0.1) is 0 Å². The molecule has 0 saturated carbocycles. The maximum absolute atomic E-state index is 5.09. The van der Waals surface area contributed by atoms with Crippen molar-refractivity contribution in [2.75, 3.05) is 21.2 Å². The number of hydrogen-bond acceptors (Lipinski definition) is 1. The highest BCUT2D eigenvalue weighted by Gasteiger charge is 2.00. The zero-order valence-corrected chi connectivity index (χ0v) is 7.22. The van der Waals surface area contributed by atoms with Gasteiger partial charge in [0.05, 0.1) is 21.2 Å². The third-order valence-electron chi connectivity index (χ3n) is 1.65. The van der Waals surface area contributed by atoms with Crippen LogP contribution >= 0.6 is 0 Å². The molecule has 1 N–H and O–H groups in total. The van der Waals surface area contributed by atoms with Crippen molar-refractivity contribution in [3.63, 3.8) is 0 Å². The van der Waals surface area contributed by atoms with Crippen LogP contribution in [0.3, 0.4) is 0 Å². The lowest BCUT2D eigenvalue weighted by Gasteiger charge is -2.07. The van der Waals surface area contributed by atoms with E-state index >= 15 is 0 Å². The Morgan fingerprint density at radius 1 is 1.27 bits per heavy atom. The van der Waals surface area contributed by atoms with Crippen molar-refractivity contribution in [2.24, 2.45) is 0 Å². The Balaban J connectivity index is 2.91. The largest absolute Gasteiger partial charge is 0.497 e. The van der Waals surface area contributed by atoms with E-state index in [9.17, 15) is 0 Å². The van der Waals surface area contributed by atoms with Gasteiger partial charge in [0.15, 0.2) is 0 Å². The predicted molar refractivity (Wildman–Crippen MR) is 45.5 cm³/mol. The summed E-state index contributed by atoms with van der Waals surface area (Å²) in [5.74, 6) is 0.920. The summed E-state index contributed by atoms with van der Waals surface area (Å²) in [6.07, 6.45) is 0. The molecule has 0 bridgehead atoms. The highest BCUT2D eigenvalue weighted by atomic mass is 16.5. The first kappa shape index (κ1) is 8.08. The molecular weight excluding hydrogens is 138 g/mol. The minimum atomic E-state index is 0.920.